The van der Waals surface area contributed by atoms with E-state index in [1.165, 1.54) is 11.0 Å². The first-order valence-corrected chi connectivity index (χ1v) is 10.8. The second kappa shape index (κ2) is 8.27. The first-order chi connectivity index (χ1) is 14.0. The van der Waals surface area contributed by atoms with Gasteiger partial charge in [0.05, 0.1) is 15.7 Å². The maximum absolute atomic E-state index is 13.6. The van der Waals surface area contributed by atoms with Gasteiger partial charge in [0.15, 0.2) is 0 Å². The molecule has 0 unspecified atom stereocenters. The van der Waals surface area contributed by atoms with Gasteiger partial charge in [0.2, 0.25) is 0 Å². The van der Waals surface area contributed by atoms with Gasteiger partial charge in [-0.15, -0.1) is 0 Å². The second-order valence-corrected chi connectivity index (χ2v) is 9.43. The van der Waals surface area contributed by atoms with Crippen molar-refractivity contribution in [1.29, 1.82) is 0 Å². The summed E-state index contributed by atoms with van der Waals surface area (Å²) in [5.74, 6) is -0.293. The third kappa shape index (κ3) is 4.10. The molecule has 0 N–H and O–H groups in total. The van der Waals surface area contributed by atoms with Crippen molar-refractivity contribution in [3.05, 3.63) is 28.2 Å². The number of likely N-dealkylation sites (N-methyl/N-ethyl adjacent to an activating group) is 1. The average molecular weight is 456 g/mol. The lowest BCUT2D eigenvalue weighted by molar-refractivity contribution is -0.125. The van der Waals surface area contributed by atoms with Crippen molar-refractivity contribution in [1.82, 2.24) is 9.80 Å². The van der Waals surface area contributed by atoms with Gasteiger partial charge in [-0.1, -0.05) is 23.2 Å². The van der Waals surface area contributed by atoms with Gasteiger partial charge in [-0.3, -0.25) is 4.79 Å². The summed E-state index contributed by atoms with van der Waals surface area (Å²) in [6, 6.07) is 4.32. The number of carbonyl (C=O) groups is 3. The molecule has 0 saturated carbocycles. The van der Waals surface area contributed by atoms with E-state index in [0.29, 0.717) is 49.6 Å². The highest BCUT2D eigenvalue weighted by Gasteiger charge is 2.57. The first-order valence-electron chi connectivity index (χ1n) is 10.1. The minimum atomic E-state index is -0.991. The van der Waals surface area contributed by atoms with Gasteiger partial charge >= 0.3 is 12.1 Å². The van der Waals surface area contributed by atoms with Crippen LogP contribution < -0.4 is 4.90 Å². The molecule has 3 rings (SSSR count). The number of benzene rings is 1. The zero-order valence-corrected chi connectivity index (χ0v) is 19.2. The van der Waals surface area contributed by atoms with Gasteiger partial charge in [-0.25, -0.2) is 14.5 Å². The zero-order chi connectivity index (χ0) is 22.3. The number of hydrogen-bond donors (Lipinski definition) is 0. The first kappa shape index (κ1) is 22.7. The van der Waals surface area contributed by atoms with E-state index >= 15 is 0 Å². The van der Waals surface area contributed by atoms with Crippen molar-refractivity contribution in [2.24, 2.45) is 0 Å². The molecular weight excluding hydrogens is 429 g/mol. The van der Waals surface area contributed by atoms with Crippen LogP contribution in [0.2, 0.25) is 10.0 Å². The summed E-state index contributed by atoms with van der Waals surface area (Å²) in [6.07, 6.45) is 1.01. The van der Waals surface area contributed by atoms with Gasteiger partial charge < -0.3 is 14.5 Å². The van der Waals surface area contributed by atoms with Crippen LogP contribution in [0.4, 0.5) is 15.3 Å². The molecule has 1 aromatic carbocycles. The van der Waals surface area contributed by atoms with E-state index < -0.39 is 17.2 Å². The van der Waals surface area contributed by atoms with E-state index in [1.807, 2.05) is 27.7 Å². The summed E-state index contributed by atoms with van der Waals surface area (Å²) in [5, 5.41) is 0.625. The van der Waals surface area contributed by atoms with Gasteiger partial charge in [0.1, 0.15) is 11.1 Å². The summed E-state index contributed by atoms with van der Waals surface area (Å²) >= 11 is 12.1. The molecule has 2 saturated heterocycles. The molecule has 0 aliphatic carbocycles. The maximum Gasteiger partial charge on any atom is 0.410 e. The van der Waals surface area contributed by atoms with Crippen molar-refractivity contribution >= 4 is 46.9 Å². The number of halogens is 2. The number of imide groups is 1. The van der Waals surface area contributed by atoms with Crippen molar-refractivity contribution in [2.45, 2.75) is 58.1 Å². The Morgan fingerprint density at radius 3 is 2.43 bits per heavy atom. The van der Waals surface area contributed by atoms with Crippen LogP contribution in [0.3, 0.4) is 0 Å². The SMILES string of the molecule is CCN1C(=O)N(c2ccc(Cl)c(Cl)c2)C(=O)[C@]12CCCN(C(=O)OC(C)(C)C)CC2. The lowest BCUT2D eigenvalue weighted by Gasteiger charge is -2.33. The van der Waals surface area contributed by atoms with Gasteiger partial charge in [0.25, 0.3) is 5.91 Å². The summed E-state index contributed by atoms with van der Waals surface area (Å²) in [7, 11) is 0. The summed E-state index contributed by atoms with van der Waals surface area (Å²) in [6.45, 7) is 8.49. The van der Waals surface area contributed by atoms with E-state index in [9.17, 15) is 14.4 Å². The molecule has 1 atom stereocenters. The minimum Gasteiger partial charge on any atom is -0.444 e. The second-order valence-electron chi connectivity index (χ2n) is 8.62. The van der Waals surface area contributed by atoms with Gasteiger partial charge in [-0.2, -0.15) is 0 Å². The smallest absolute Gasteiger partial charge is 0.410 e. The summed E-state index contributed by atoms with van der Waals surface area (Å²) < 4.78 is 5.48. The van der Waals surface area contributed by atoms with Crippen molar-refractivity contribution in [3.8, 4) is 0 Å². The Kier molecular flexibility index (Phi) is 6.25. The average Bonchev–Trinajstić information content (AvgIpc) is 2.79. The molecule has 30 heavy (non-hydrogen) atoms. The fourth-order valence-corrected chi connectivity index (χ4v) is 4.41. The lowest BCUT2D eigenvalue weighted by Crippen LogP contribution is -2.50. The van der Waals surface area contributed by atoms with Crippen molar-refractivity contribution < 1.29 is 19.1 Å². The predicted octanol–water partition coefficient (Wildman–Crippen LogP) is 4.94. The van der Waals surface area contributed by atoms with Crippen molar-refractivity contribution in [3.63, 3.8) is 0 Å². The normalized spacial score (nSPS) is 22.7. The molecule has 0 radical (unpaired) electrons. The molecule has 0 bridgehead atoms. The highest BCUT2D eigenvalue weighted by Crippen LogP contribution is 2.40. The Labute approximate surface area is 186 Å². The number of hydrogen-bond acceptors (Lipinski definition) is 4. The number of likely N-dealkylation sites (tertiary alicyclic amines) is 1. The molecule has 1 spiro atoms. The standard InChI is InChI=1S/C21H27Cl2N3O4/c1-5-25-18(28)26(14-7-8-15(22)16(23)13-14)17(27)21(25)9-6-11-24(12-10-21)19(29)30-20(2,3)4/h7-8,13H,5-6,9-12H2,1-4H3/t21-/m1/s1. The molecule has 4 amide bonds. The fourth-order valence-electron chi connectivity index (χ4n) is 4.12. The largest absolute Gasteiger partial charge is 0.444 e. The molecule has 2 heterocycles. The zero-order valence-electron chi connectivity index (χ0n) is 17.7. The van der Waals surface area contributed by atoms with Crippen LogP contribution in [0.1, 0.15) is 47.0 Å². The predicted molar refractivity (Wildman–Crippen MR) is 116 cm³/mol. The number of urea groups is 1. The molecule has 9 heteroatoms. The monoisotopic (exact) mass is 455 g/mol. The van der Waals surface area contributed by atoms with E-state index in [4.69, 9.17) is 27.9 Å². The Bertz CT molecular complexity index is 870. The Morgan fingerprint density at radius 2 is 1.83 bits per heavy atom. The fraction of sp³-hybridized carbons (Fsp3) is 0.571. The van der Waals surface area contributed by atoms with Crippen LogP contribution in [-0.4, -0.2) is 58.6 Å². The summed E-state index contributed by atoms with van der Waals surface area (Å²) in [4.78, 5) is 43.7. The third-order valence-electron chi connectivity index (χ3n) is 5.48. The number of amides is 4. The van der Waals surface area contributed by atoms with Crippen LogP contribution in [0.5, 0.6) is 0 Å². The lowest BCUT2D eigenvalue weighted by atomic mass is 9.88. The number of nitrogens with zero attached hydrogens (tertiary/aromatic N) is 3. The Balaban J connectivity index is 1.88. The Hall–Kier alpha value is -1.99. The molecule has 0 aromatic heterocycles. The van der Waals surface area contributed by atoms with Gasteiger partial charge in [-0.05, 0) is 65.2 Å². The Morgan fingerprint density at radius 1 is 1.13 bits per heavy atom. The molecule has 7 nitrogen and oxygen atoms in total. The van der Waals surface area contributed by atoms with E-state index in [0.717, 1.165) is 0 Å². The maximum atomic E-state index is 13.6. The number of anilines is 1. The molecule has 2 aliphatic heterocycles. The summed E-state index contributed by atoms with van der Waals surface area (Å²) in [5.41, 5.74) is -1.20. The van der Waals surface area contributed by atoms with E-state index in [-0.39, 0.29) is 17.0 Å². The molecule has 2 fully saturated rings. The molecular formula is C21H27Cl2N3O4. The number of carbonyl (C=O) groups excluding carboxylic acids is 3. The quantitative estimate of drug-likeness (QED) is 0.591. The van der Waals surface area contributed by atoms with E-state index in [1.54, 1.807) is 21.9 Å². The van der Waals surface area contributed by atoms with Crippen LogP contribution >= 0.6 is 23.2 Å². The van der Waals surface area contributed by atoms with Crippen LogP contribution in [0.15, 0.2) is 18.2 Å². The third-order valence-corrected chi connectivity index (χ3v) is 6.22. The van der Waals surface area contributed by atoms with Crippen LogP contribution in [-0.2, 0) is 9.53 Å². The topological polar surface area (TPSA) is 70.2 Å². The van der Waals surface area contributed by atoms with Gasteiger partial charge in [0, 0.05) is 19.6 Å². The minimum absolute atomic E-state index is 0.274. The van der Waals surface area contributed by atoms with Crippen LogP contribution in [0, 0.1) is 0 Å². The number of rotatable bonds is 2. The van der Waals surface area contributed by atoms with Crippen molar-refractivity contribution in [2.75, 3.05) is 24.5 Å². The molecule has 2 aliphatic rings. The number of ether oxygens (including phenoxy) is 1. The molecule has 1 aromatic rings. The van der Waals surface area contributed by atoms with Crippen LogP contribution in [0.25, 0.3) is 0 Å². The highest BCUT2D eigenvalue weighted by atomic mass is 35.5. The molecule has 164 valence electrons. The highest BCUT2D eigenvalue weighted by molar-refractivity contribution is 6.42. The van der Waals surface area contributed by atoms with E-state index in [2.05, 4.69) is 0 Å².